The van der Waals surface area contributed by atoms with Crippen LogP contribution in [-0.4, -0.2) is 28.5 Å². The number of amides is 1. The van der Waals surface area contributed by atoms with Crippen LogP contribution >= 0.6 is 0 Å². The molecule has 0 aromatic heterocycles. The summed E-state index contributed by atoms with van der Waals surface area (Å²) >= 11 is 0. The van der Waals surface area contributed by atoms with Gasteiger partial charge in [0.15, 0.2) is 0 Å². The number of hydrogen-bond acceptors (Lipinski definition) is 2. The highest BCUT2D eigenvalue weighted by molar-refractivity contribution is 5.64. The van der Waals surface area contributed by atoms with Gasteiger partial charge in [-0.15, -0.1) is 0 Å². The molecule has 3 N–H and O–H groups in total. The molecular formula is C11H15NO3. The van der Waals surface area contributed by atoms with Crippen molar-refractivity contribution in [2.75, 3.05) is 0 Å². The quantitative estimate of drug-likeness (QED) is 0.699. The highest BCUT2D eigenvalue weighted by Gasteiger charge is 2.16. The minimum absolute atomic E-state index is 0.447. The first-order chi connectivity index (χ1) is 7.09. The zero-order valence-electron chi connectivity index (χ0n) is 8.55. The normalized spacial score (nSPS) is 14.3. The van der Waals surface area contributed by atoms with Gasteiger partial charge in [0, 0.05) is 6.42 Å². The molecule has 1 amide bonds. The minimum Gasteiger partial charge on any atom is -0.465 e. The molecule has 15 heavy (non-hydrogen) atoms. The van der Waals surface area contributed by atoms with Gasteiger partial charge in [-0.1, -0.05) is 30.3 Å². The third-order valence-corrected chi connectivity index (χ3v) is 2.22. The van der Waals surface area contributed by atoms with Gasteiger partial charge in [0.05, 0.1) is 12.1 Å². The van der Waals surface area contributed by atoms with E-state index >= 15 is 0 Å². The fraction of sp³-hybridized carbons (Fsp3) is 0.364. The largest absolute Gasteiger partial charge is 0.465 e. The SMILES string of the molecule is CC(NC(=O)O)C(O)Cc1ccccc1. The first kappa shape index (κ1) is 11.5. The van der Waals surface area contributed by atoms with Crippen LogP contribution in [0.1, 0.15) is 12.5 Å². The average molecular weight is 209 g/mol. The summed E-state index contributed by atoms with van der Waals surface area (Å²) in [5.74, 6) is 0. The van der Waals surface area contributed by atoms with Crippen LogP contribution in [0.2, 0.25) is 0 Å². The van der Waals surface area contributed by atoms with Crippen LogP contribution in [0.5, 0.6) is 0 Å². The summed E-state index contributed by atoms with van der Waals surface area (Å²) in [5, 5.41) is 20.4. The van der Waals surface area contributed by atoms with Crippen molar-refractivity contribution in [3.63, 3.8) is 0 Å². The van der Waals surface area contributed by atoms with Crippen LogP contribution in [-0.2, 0) is 6.42 Å². The number of hydrogen-bond donors (Lipinski definition) is 3. The number of benzene rings is 1. The van der Waals surface area contributed by atoms with E-state index in [-0.39, 0.29) is 0 Å². The molecule has 0 heterocycles. The van der Waals surface area contributed by atoms with Crippen LogP contribution < -0.4 is 5.32 Å². The number of aliphatic hydroxyl groups excluding tert-OH is 1. The van der Waals surface area contributed by atoms with E-state index in [4.69, 9.17) is 5.11 Å². The Hall–Kier alpha value is -1.55. The van der Waals surface area contributed by atoms with Gasteiger partial charge in [0.25, 0.3) is 0 Å². The molecule has 0 radical (unpaired) electrons. The Morgan fingerprint density at radius 2 is 2.00 bits per heavy atom. The van der Waals surface area contributed by atoms with Crippen molar-refractivity contribution in [3.05, 3.63) is 35.9 Å². The van der Waals surface area contributed by atoms with Crippen molar-refractivity contribution in [2.45, 2.75) is 25.5 Å². The predicted molar refractivity (Wildman–Crippen MR) is 56.8 cm³/mol. The second-order valence-corrected chi connectivity index (χ2v) is 3.50. The van der Waals surface area contributed by atoms with E-state index in [0.29, 0.717) is 6.42 Å². The van der Waals surface area contributed by atoms with Crippen molar-refractivity contribution in [1.82, 2.24) is 5.32 Å². The molecule has 82 valence electrons. The number of carboxylic acid groups (broad SMARTS) is 1. The van der Waals surface area contributed by atoms with Crippen LogP contribution in [0.25, 0.3) is 0 Å². The predicted octanol–water partition coefficient (Wildman–Crippen LogP) is 1.25. The number of nitrogens with one attached hydrogen (secondary N) is 1. The number of carbonyl (C=O) groups is 1. The van der Waals surface area contributed by atoms with E-state index in [1.54, 1.807) is 6.92 Å². The molecule has 0 saturated carbocycles. The lowest BCUT2D eigenvalue weighted by molar-refractivity contribution is 0.126. The van der Waals surface area contributed by atoms with Crippen LogP contribution in [0.3, 0.4) is 0 Å². The zero-order chi connectivity index (χ0) is 11.3. The maximum Gasteiger partial charge on any atom is 0.404 e. The van der Waals surface area contributed by atoms with E-state index in [1.807, 2.05) is 30.3 Å². The summed E-state index contributed by atoms with van der Waals surface area (Å²) in [5.41, 5.74) is 0.990. The molecule has 1 aromatic rings. The molecule has 0 aliphatic carbocycles. The Labute approximate surface area is 88.6 Å². The van der Waals surface area contributed by atoms with Crippen molar-refractivity contribution >= 4 is 6.09 Å². The molecule has 1 rings (SSSR count). The monoisotopic (exact) mass is 209 g/mol. The Morgan fingerprint density at radius 1 is 1.40 bits per heavy atom. The molecule has 0 aliphatic rings. The van der Waals surface area contributed by atoms with Crippen LogP contribution in [0, 0.1) is 0 Å². The molecule has 2 atom stereocenters. The topological polar surface area (TPSA) is 69.6 Å². The number of aliphatic hydroxyl groups is 1. The maximum absolute atomic E-state index is 10.3. The second-order valence-electron chi connectivity index (χ2n) is 3.50. The molecule has 4 heteroatoms. The summed E-state index contributed by atoms with van der Waals surface area (Å²) in [6.07, 6.45) is -1.37. The van der Waals surface area contributed by atoms with E-state index in [2.05, 4.69) is 5.32 Å². The van der Waals surface area contributed by atoms with Gasteiger partial charge in [0.1, 0.15) is 0 Å². The molecule has 0 aliphatic heterocycles. The van der Waals surface area contributed by atoms with E-state index in [1.165, 1.54) is 0 Å². The standard InChI is InChI=1S/C11H15NO3/c1-8(12-11(14)15)10(13)7-9-5-3-2-4-6-9/h2-6,8,10,12-13H,7H2,1H3,(H,14,15). The second kappa shape index (κ2) is 5.36. The number of rotatable bonds is 4. The molecule has 0 spiro atoms. The molecule has 0 bridgehead atoms. The maximum atomic E-state index is 10.3. The molecule has 4 nitrogen and oxygen atoms in total. The molecular weight excluding hydrogens is 194 g/mol. The van der Waals surface area contributed by atoms with Crippen molar-refractivity contribution in [2.24, 2.45) is 0 Å². The van der Waals surface area contributed by atoms with Crippen molar-refractivity contribution < 1.29 is 15.0 Å². The lowest BCUT2D eigenvalue weighted by Gasteiger charge is -2.18. The first-order valence-electron chi connectivity index (χ1n) is 4.81. The van der Waals surface area contributed by atoms with Crippen molar-refractivity contribution in [3.8, 4) is 0 Å². The van der Waals surface area contributed by atoms with Gasteiger partial charge >= 0.3 is 6.09 Å². The zero-order valence-corrected chi connectivity index (χ0v) is 8.55. The van der Waals surface area contributed by atoms with Gasteiger partial charge in [-0.3, -0.25) is 0 Å². The van der Waals surface area contributed by atoms with E-state index < -0.39 is 18.2 Å². The Morgan fingerprint density at radius 3 is 2.53 bits per heavy atom. The van der Waals surface area contributed by atoms with Crippen LogP contribution in [0.4, 0.5) is 4.79 Å². The molecule has 2 unspecified atom stereocenters. The third-order valence-electron chi connectivity index (χ3n) is 2.22. The Balaban J connectivity index is 2.48. The summed E-state index contributed by atoms with van der Waals surface area (Å²) in [7, 11) is 0. The molecule has 1 aromatic carbocycles. The van der Waals surface area contributed by atoms with Gasteiger partial charge in [-0.05, 0) is 12.5 Å². The van der Waals surface area contributed by atoms with E-state index in [9.17, 15) is 9.90 Å². The smallest absolute Gasteiger partial charge is 0.404 e. The average Bonchev–Trinajstić information content (AvgIpc) is 2.18. The lowest BCUT2D eigenvalue weighted by atomic mass is 10.0. The highest BCUT2D eigenvalue weighted by atomic mass is 16.4. The summed E-state index contributed by atoms with van der Waals surface area (Å²) < 4.78 is 0. The Kier molecular flexibility index (Phi) is 4.12. The molecule has 0 fully saturated rings. The first-order valence-corrected chi connectivity index (χ1v) is 4.81. The van der Waals surface area contributed by atoms with Crippen LogP contribution in [0.15, 0.2) is 30.3 Å². The van der Waals surface area contributed by atoms with Gasteiger partial charge < -0.3 is 15.5 Å². The van der Waals surface area contributed by atoms with Gasteiger partial charge in [-0.25, -0.2) is 4.79 Å². The van der Waals surface area contributed by atoms with Gasteiger partial charge in [-0.2, -0.15) is 0 Å². The third kappa shape index (κ3) is 3.99. The summed E-state index contributed by atoms with van der Waals surface area (Å²) in [6.45, 7) is 1.64. The van der Waals surface area contributed by atoms with Gasteiger partial charge in [0.2, 0.25) is 0 Å². The fourth-order valence-corrected chi connectivity index (χ4v) is 1.32. The summed E-state index contributed by atoms with van der Waals surface area (Å²) in [4.78, 5) is 10.3. The minimum atomic E-state index is -1.12. The highest BCUT2D eigenvalue weighted by Crippen LogP contribution is 2.05. The fourth-order valence-electron chi connectivity index (χ4n) is 1.32. The Bertz CT molecular complexity index is 313. The summed E-state index contributed by atoms with van der Waals surface area (Å²) in [6, 6.07) is 9.00. The van der Waals surface area contributed by atoms with Crippen molar-refractivity contribution in [1.29, 1.82) is 0 Å². The van der Waals surface area contributed by atoms with E-state index in [0.717, 1.165) is 5.56 Å². The molecule has 0 saturated heterocycles. The lowest BCUT2D eigenvalue weighted by Crippen LogP contribution is -2.41.